The second-order valence-corrected chi connectivity index (χ2v) is 12.5. The van der Waals surface area contributed by atoms with Gasteiger partial charge in [0, 0.05) is 30.2 Å². The Labute approximate surface area is 241 Å². The van der Waals surface area contributed by atoms with E-state index in [9.17, 15) is 9.59 Å². The first kappa shape index (κ1) is 36.8. The summed E-state index contributed by atoms with van der Waals surface area (Å²) < 4.78 is 0. The Morgan fingerprint density at radius 1 is 1.00 bits per heavy atom. The summed E-state index contributed by atoms with van der Waals surface area (Å²) in [5, 5.41) is 11.3. The molecular weight excluding hydrogens is 480 g/mol. The van der Waals surface area contributed by atoms with E-state index in [1.54, 1.807) is 0 Å². The molecule has 0 aliphatic heterocycles. The summed E-state index contributed by atoms with van der Waals surface area (Å²) in [6, 6.07) is 12.3. The van der Waals surface area contributed by atoms with E-state index in [-0.39, 0.29) is 29.1 Å². The molecule has 222 valence electrons. The van der Waals surface area contributed by atoms with Gasteiger partial charge in [-0.05, 0) is 58.8 Å². The van der Waals surface area contributed by atoms with Crippen LogP contribution in [0.3, 0.4) is 0 Å². The number of hydrogen-bond acceptors (Lipinski definition) is 3. The molecule has 0 aromatic heterocycles. The third-order valence-electron chi connectivity index (χ3n) is 7.61. The lowest BCUT2D eigenvalue weighted by atomic mass is 9.74. The van der Waals surface area contributed by atoms with E-state index in [1.165, 1.54) is 56.9 Å². The van der Waals surface area contributed by atoms with Gasteiger partial charge >= 0.3 is 0 Å². The van der Waals surface area contributed by atoms with Gasteiger partial charge in [-0.25, -0.2) is 0 Å². The fourth-order valence-electron chi connectivity index (χ4n) is 5.29. The van der Waals surface area contributed by atoms with E-state index < -0.39 is 0 Å². The summed E-state index contributed by atoms with van der Waals surface area (Å²) in [7, 11) is 0. The Morgan fingerprint density at radius 3 is 1.97 bits per heavy atom. The van der Waals surface area contributed by atoms with Crippen LogP contribution in [0.4, 0.5) is 0 Å². The van der Waals surface area contributed by atoms with Crippen molar-refractivity contribution in [2.24, 2.45) is 23.7 Å². The Bertz CT molecular complexity index is 804. The minimum absolute atomic E-state index is 0.0787. The van der Waals surface area contributed by atoms with Crippen molar-refractivity contribution < 1.29 is 9.59 Å². The normalized spacial score (nSPS) is 21.0. The number of aryl methyl sites for hydroxylation is 1. The van der Waals surface area contributed by atoms with Gasteiger partial charge in [0.1, 0.15) is 5.78 Å². The van der Waals surface area contributed by atoms with Crippen LogP contribution in [0.15, 0.2) is 30.3 Å². The molecule has 2 fully saturated rings. The predicted molar refractivity (Wildman–Crippen MR) is 166 cm³/mol. The van der Waals surface area contributed by atoms with Crippen molar-refractivity contribution in [2.75, 3.05) is 0 Å². The van der Waals surface area contributed by atoms with Crippen LogP contribution in [0.2, 0.25) is 0 Å². The van der Waals surface area contributed by atoms with Gasteiger partial charge in [-0.15, -0.1) is 0 Å². The number of nitriles is 1. The van der Waals surface area contributed by atoms with Gasteiger partial charge in [-0.1, -0.05) is 115 Å². The van der Waals surface area contributed by atoms with Crippen LogP contribution in [0, 0.1) is 41.9 Å². The molecule has 1 aromatic carbocycles. The molecule has 0 bridgehead atoms. The fraction of sp³-hybridized carbons (Fsp3) is 0.743. The lowest BCUT2D eigenvalue weighted by Crippen LogP contribution is -2.43. The van der Waals surface area contributed by atoms with E-state index in [0.29, 0.717) is 12.8 Å². The zero-order valence-electron chi connectivity index (χ0n) is 26.7. The van der Waals surface area contributed by atoms with Gasteiger partial charge in [0.2, 0.25) is 5.91 Å². The van der Waals surface area contributed by atoms with E-state index in [0.717, 1.165) is 31.1 Å². The maximum atomic E-state index is 12.1. The summed E-state index contributed by atoms with van der Waals surface area (Å²) in [4.78, 5) is 22.9. The zero-order chi connectivity index (χ0) is 29.7. The highest BCUT2D eigenvalue weighted by Gasteiger charge is 2.28. The molecule has 4 nitrogen and oxygen atoms in total. The van der Waals surface area contributed by atoms with Gasteiger partial charge in [0.05, 0.1) is 6.07 Å². The van der Waals surface area contributed by atoms with Crippen LogP contribution in [0.25, 0.3) is 0 Å². The molecule has 0 saturated heterocycles. The van der Waals surface area contributed by atoms with Crippen molar-refractivity contribution >= 4 is 11.7 Å². The van der Waals surface area contributed by atoms with Crippen LogP contribution in [0.5, 0.6) is 0 Å². The number of carbonyl (C=O) groups excluding carboxylic acids is 2. The number of benzene rings is 1. The maximum absolute atomic E-state index is 12.1. The fourth-order valence-corrected chi connectivity index (χ4v) is 5.29. The summed E-state index contributed by atoms with van der Waals surface area (Å²) in [6.07, 6.45) is 14.9. The highest BCUT2D eigenvalue weighted by atomic mass is 16.2. The highest BCUT2D eigenvalue weighted by Crippen LogP contribution is 2.36. The Hall–Kier alpha value is -2.15. The van der Waals surface area contributed by atoms with Gasteiger partial charge in [-0.2, -0.15) is 5.26 Å². The summed E-state index contributed by atoms with van der Waals surface area (Å²) in [5.74, 6) is 2.36. The molecular formula is C35H60N2O2. The third-order valence-corrected chi connectivity index (χ3v) is 7.61. The van der Waals surface area contributed by atoms with Crippen molar-refractivity contribution in [3.63, 3.8) is 0 Å². The smallest absolute Gasteiger partial charge is 0.223 e. The third kappa shape index (κ3) is 18.7. The molecule has 0 spiro atoms. The number of Topliss-reactive ketones (excluding diaryl/α,β-unsaturated/α-hetero) is 1. The monoisotopic (exact) mass is 540 g/mol. The van der Waals surface area contributed by atoms with E-state index in [4.69, 9.17) is 5.26 Å². The molecule has 39 heavy (non-hydrogen) atoms. The van der Waals surface area contributed by atoms with Crippen LogP contribution in [-0.4, -0.2) is 17.2 Å². The number of nitrogens with one attached hydrogen (secondary N) is 1. The second kappa shape index (κ2) is 21.6. The first-order valence-corrected chi connectivity index (χ1v) is 15.7. The Morgan fingerprint density at radius 2 is 1.59 bits per heavy atom. The number of nitrogens with zero attached hydrogens (tertiary/aromatic N) is 1. The molecule has 2 aliphatic rings. The van der Waals surface area contributed by atoms with Crippen molar-refractivity contribution in [2.45, 2.75) is 144 Å². The zero-order valence-corrected chi connectivity index (χ0v) is 26.7. The van der Waals surface area contributed by atoms with Crippen LogP contribution < -0.4 is 5.32 Å². The molecule has 4 heteroatoms. The minimum atomic E-state index is -0.109. The topological polar surface area (TPSA) is 70.0 Å². The standard InChI is InChI=1S/C16H31NO.C7H9NO.C7H8.C5H12/c1-6-13-9-7-8-10-14(13)11-12(2)15(18)17-16(3,4)5;8-5-4-6-2-1-3-7(6)9;1-7-5-3-2-4-6-7;1-3-5-4-2/h12-14H,6-11H2,1-5H3,(H,17,18);6H,1-4H2;2-6H,1H3;3-5H2,1-2H3. The molecule has 1 amide bonds. The first-order chi connectivity index (χ1) is 18.5. The second-order valence-electron chi connectivity index (χ2n) is 12.5. The maximum Gasteiger partial charge on any atom is 0.223 e. The highest BCUT2D eigenvalue weighted by molar-refractivity contribution is 5.83. The largest absolute Gasteiger partial charge is 0.351 e. The molecule has 2 aliphatic carbocycles. The van der Waals surface area contributed by atoms with E-state index in [1.807, 2.05) is 45.0 Å². The average molecular weight is 541 g/mol. The molecule has 1 N–H and O–H groups in total. The number of hydrogen-bond donors (Lipinski definition) is 1. The lowest BCUT2D eigenvalue weighted by molar-refractivity contribution is -0.126. The Kier molecular flexibility index (Phi) is 20.5. The summed E-state index contributed by atoms with van der Waals surface area (Å²) >= 11 is 0. The van der Waals surface area contributed by atoms with Crippen molar-refractivity contribution in [3.8, 4) is 6.07 Å². The van der Waals surface area contributed by atoms with Crippen molar-refractivity contribution in [1.29, 1.82) is 5.26 Å². The molecule has 2 saturated carbocycles. The quantitative estimate of drug-likeness (QED) is 0.374. The van der Waals surface area contributed by atoms with Crippen LogP contribution in [-0.2, 0) is 9.59 Å². The summed E-state index contributed by atoms with van der Waals surface area (Å²) in [5.41, 5.74) is 1.21. The van der Waals surface area contributed by atoms with E-state index >= 15 is 0 Å². The molecule has 4 unspecified atom stereocenters. The number of amides is 1. The number of carbonyl (C=O) groups is 2. The van der Waals surface area contributed by atoms with Crippen LogP contribution in [0.1, 0.15) is 138 Å². The molecule has 1 aromatic rings. The van der Waals surface area contributed by atoms with Crippen molar-refractivity contribution in [1.82, 2.24) is 5.32 Å². The molecule has 4 atom stereocenters. The summed E-state index contributed by atoms with van der Waals surface area (Å²) in [6.45, 7) is 17.0. The SMILES string of the molecule is CCC1CCCCC1CC(C)C(=O)NC(C)(C)C.CCCCC.Cc1ccccc1.N#CCC1CCCC1=O. The molecule has 3 rings (SSSR count). The number of ketones is 1. The molecule has 0 radical (unpaired) electrons. The first-order valence-electron chi connectivity index (χ1n) is 15.7. The number of unbranched alkanes of at least 4 members (excludes halogenated alkanes) is 2. The lowest BCUT2D eigenvalue weighted by Gasteiger charge is -2.33. The Balaban J connectivity index is 0.000000568. The van der Waals surface area contributed by atoms with Gasteiger partial charge in [-0.3, -0.25) is 9.59 Å². The minimum Gasteiger partial charge on any atom is -0.351 e. The number of rotatable bonds is 7. The average Bonchev–Trinajstić information content (AvgIpc) is 3.30. The van der Waals surface area contributed by atoms with Crippen LogP contribution >= 0.6 is 0 Å². The van der Waals surface area contributed by atoms with Gasteiger partial charge < -0.3 is 5.32 Å². The van der Waals surface area contributed by atoms with Gasteiger partial charge in [0.25, 0.3) is 0 Å². The van der Waals surface area contributed by atoms with Crippen molar-refractivity contribution in [3.05, 3.63) is 35.9 Å². The van der Waals surface area contributed by atoms with Gasteiger partial charge in [0.15, 0.2) is 0 Å². The predicted octanol–water partition coefficient (Wildman–Crippen LogP) is 9.60. The van der Waals surface area contributed by atoms with E-state index in [2.05, 4.69) is 52.1 Å². The molecule has 0 heterocycles.